The quantitative estimate of drug-likeness (QED) is 0.361. The highest BCUT2D eigenvalue weighted by atomic mass is 32.2. The van der Waals surface area contributed by atoms with Gasteiger partial charge in [-0.05, 0) is 65.9 Å². The molecule has 1 N–H and O–H groups in total. The van der Waals surface area contributed by atoms with Crippen LogP contribution in [-0.2, 0) is 4.79 Å². The number of hydrogen-bond acceptors (Lipinski definition) is 5. The third-order valence-electron chi connectivity index (χ3n) is 4.68. The van der Waals surface area contributed by atoms with E-state index in [9.17, 15) is 14.7 Å². The zero-order valence-electron chi connectivity index (χ0n) is 17.5. The van der Waals surface area contributed by atoms with Crippen molar-refractivity contribution in [3.05, 3.63) is 108 Å². The lowest BCUT2D eigenvalue weighted by Crippen LogP contribution is -2.28. The van der Waals surface area contributed by atoms with E-state index >= 15 is 0 Å². The molecular weight excluding hydrogens is 436 g/mol. The summed E-state index contributed by atoms with van der Waals surface area (Å²) in [5.74, 6) is -0.520. The molecular formula is C26H20N2O4S. The van der Waals surface area contributed by atoms with Gasteiger partial charge in [-0.1, -0.05) is 49.1 Å². The van der Waals surface area contributed by atoms with E-state index in [0.29, 0.717) is 33.8 Å². The molecule has 4 rings (SSSR count). The van der Waals surface area contributed by atoms with Gasteiger partial charge >= 0.3 is 5.97 Å². The van der Waals surface area contributed by atoms with Crippen LogP contribution >= 0.6 is 11.8 Å². The Hall–Kier alpha value is -4.10. The summed E-state index contributed by atoms with van der Waals surface area (Å²) < 4.78 is 5.51. The molecule has 0 atom stereocenters. The lowest BCUT2D eigenvalue weighted by molar-refractivity contribution is -0.113. The number of carbonyl (C=O) groups is 2. The summed E-state index contributed by atoms with van der Waals surface area (Å²) in [5.41, 5.74) is 2.11. The maximum atomic E-state index is 13.3. The molecule has 0 aliphatic carbocycles. The number of thioether (sulfide) groups is 1. The van der Waals surface area contributed by atoms with E-state index in [1.807, 2.05) is 54.6 Å². The van der Waals surface area contributed by atoms with Gasteiger partial charge in [-0.2, -0.15) is 0 Å². The average molecular weight is 457 g/mol. The van der Waals surface area contributed by atoms with Crippen molar-refractivity contribution in [1.82, 2.24) is 0 Å². The number of carboxylic acid groups (broad SMARTS) is 1. The summed E-state index contributed by atoms with van der Waals surface area (Å²) in [5, 5.41) is 9.72. The van der Waals surface area contributed by atoms with Crippen LogP contribution in [0, 0.1) is 0 Å². The first-order chi connectivity index (χ1) is 16.0. The number of rotatable bonds is 7. The minimum atomic E-state index is -1.03. The van der Waals surface area contributed by atoms with Crippen LogP contribution in [0.1, 0.15) is 15.9 Å². The van der Waals surface area contributed by atoms with E-state index < -0.39 is 5.97 Å². The molecule has 0 aromatic heterocycles. The number of carboxylic acids is 1. The first kappa shape index (κ1) is 22.1. The van der Waals surface area contributed by atoms with Gasteiger partial charge in [-0.15, -0.1) is 0 Å². The SMILES string of the molecule is C=CCOc1ccc(/C=C2\SC(=Nc3cccc(C(=O)O)c3)N(c3ccccc3)C2=O)cc1. The number of aliphatic imine (C=N–C) groups is 1. The minimum absolute atomic E-state index is 0.131. The molecule has 0 spiro atoms. The molecule has 6 nitrogen and oxygen atoms in total. The highest BCUT2D eigenvalue weighted by Crippen LogP contribution is 2.37. The number of nitrogens with zero attached hydrogens (tertiary/aromatic N) is 2. The Morgan fingerprint density at radius 2 is 1.82 bits per heavy atom. The second-order valence-corrected chi connectivity index (χ2v) is 8.01. The molecule has 3 aromatic carbocycles. The number of para-hydroxylation sites is 1. The van der Waals surface area contributed by atoms with Crippen LogP contribution in [0.5, 0.6) is 5.75 Å². The zero-order valence-corrected chi connectivity index (χ0v) is 18.4. The van der Waals surface area contributed by atoms with Crippen LogP contribution in [0.4, 0.5) is 11.4 Å². The van der Waals surface area contributed by atoms with Crippen molar-refractivity contribution in [2.24, 2.45) is 4.99 Å². The summed E-state index contributed by atoms with van der Waals surface area (Å²) in [4.78, 5) is 31.3. The van der Waals surface area contributed by atoms with Gasteiger partial charge in [0, 0.05) is 0 Å². The van der Waals surface area contributed by atoms with Crippen molar-refractivity contribution in [3.63, 3.8) is 0 Å². The van der Waals surface area contributed by atoms with Gasteiger partial charge in [0.25, 0.3) is 5.91 Å². The molecule has 3 aromatic rings. The zero-order chi connectivity index (χ0) is 23.2. The van der Waals surface area contributed by atoms with Crippen LogP contribution in [0.2, 0.25) is 0 Å². The van der Waals surface area contributed by atoms with Gasteiger partial charge < -0.3 is 9.84 Å². The Kier molecular flexibility index (Phi) is 6.71. The molecule has 1 saturated heterocycles. The lowest BCUT2D eigenvalue weighted by atomic mass is 10.2. The average Bonchev–Trinajstić information content (AvgIpc) is 3.13. The van der Waals surface area contributed by atoms with Crippen LogP contribution in [0.15, 0.2) is 101 Å². The summed E-state index contributed by atoms with van der Waals surface area (Å²) in [6, 6.07) is 23.0. The first-order valence-electron chi connectivity index (χ1n) is 10.1. The number of carbonyl (C=O) groups excluding carboxylic acids is 1. The summed E-state index contributed by atoms with van der Waals surface area (Å²) in [7, 11) is 0. The number of anilines is 1. The summed E-state index contributed by atoms with van der Waals surface area (Å²) in [6.07, 6.45) is 3.48. The van der Waals surface area contributed by atoms with Crippen molar-refractivity contribution >= 4 is 46.3 Å². The number of benzene rings is 3. The summed E-state index contributed by atoms with van der Waals surface area (Å²) in [6.45, 7) is 4.05. The molecule has 164 valence electrons. The molecule has 33 heavy (non-hydrogen) atoms. The molecule has 1 heterocycles. The largest absolute Gasteiger partial charge is 0.490 e. The maximum absolute atomic E-state index is 13.3. The number of ether oxygens (including phenoxy) is 1. The van der Waals surface area contributed by atoms with Crippen molar-refractivity contribution in [3.8, 4) is 5.75 Å². The molecule has 1 aliphatic heterocycles. The highest BCUT2D eigenvalue weighted by molar-refractivity contribution is 8.19. The van der Waals surface area contributed by atoms with Gasteiger partial charge in [0.2, 0.25) is 0 Å². The fraction of sp³-hybridized carbons (Fsp3) is 0.0385. The minimum Gasteiger partial charge on any atom is -0.490 e. The Bertz CT molecular complexity index is 1250. The normalized spacial score (nSPS) is 15.8. The second-order valence-electron chi connectivity index (χ2n) is 7.01. The number of hydrogen-bond donors (Lipinski definition) is 1. The third-order valence-corrected chi connectivity index (χ3v) is 5.65. The van der Waals surface area contributed by atoms with E-state index in [1.165, 1.54) is 28.8 Å². The standard InChI is InChI=1S/C26H20N2O4S/c1-2-15-32-22-13-11-18(12-14-22)16-23-24(29)28(21-9-4-3-5-10-21)26(33-23)27-20-8-6-7-19(17-20)25(30)31/h2-14,16-17H,1,15H2,(H,30,31)/b23-16-,27-26?. The molecule has 1 aliphatic rings. The van der Waals surface area contributed by atoms with E-state index in [-0.39, 0.29) is 11.5 Å². The molecule has 1 fully saturated rings. The van der Waals surface area contributed by atoms with E-state index in [1.54, 1.807) is 24.3 Å². The van der Waals surface area contributed by atoms with Gasteiger partial charge in [0.05, 0.1) is 21.8 Å². The van der Waals surface area contributed by atoms with Crippen LogP contribution in [0.3, 0.4) is 0 Å². The molecule has 0 saturated carbocycles. The topological polar surface area (TPSA) is 79.2 Å². The Labute approximate surface area is 195 Å². The molecule has 0 unspecified atom stereocenters. The monoisotopic (exact) mass is 456 g/mol. The number of amides is 1. The van der Waals surface area contributed by atoms with Crippen molar-refractivity contribution in [2.75, 3.05) is 11.5 Å². The summed E-state index contributed by atoms with van der Waals surface area (Å²) >= 11 is 1.24. The van der Waals surface area contributed by atoms with E-state index in [4.69, 9.17) is 4.74 Å². The van der Waals surface area contributed by atoms with Gasteiger partial charge in [0.15, 0.2) is 5.17 Å². The third kappa shape index (κ3) is 5.22. The van der Waals surface area contributed by atoms with E-state index in [0.717, 1.165) is 5.56 Å². The van der Waals surface area contributed by atoms with Crippen LogP contribution in [0.25, 0.3) is 6.08 Å². The van der Waals surface area contributed by atoms with Gasteiger partial charge in [-0.25, -0.2) is 9.79 Å². The Morgan fingerprint density at radius 3 is 2.52 bits per heavy atom. The molecule has 0 bridgehead atoms. The Balaban J connectivity index is 1.69. The smallest absolute Gasteiger partial charge is 0.335 e. The predicted molar refractivity (Wildman–Crippen MR) is 132 cm³/mol. The van der Waals surface area contributed by atoms with Crippen LogP contribution in [-0.4, -0.2) is 28.8 Å². The number of aromatic carboxylic acids is 1. The molecule has 1 amide bonds. The molecule has 0 radical (unpaired) electrons. The molecule has 7 heteroatoms. The van der Waals surface area contributed by atoms with Gasteiger partial charge in [-0.3, -0.25) is 9.69 Å². The Morgan fingerprint density at radius 1 is 1.06 bits per heavy atom. The number of amidine groups is 1. The fourth-order valence-electron chi connectivity index (χ4n) is 3.14. The van der Waals surface area contributed by atoms with Crippen molar-refractivity contribution in [2.45, 2.75) is 0 Å². The fourth-order valence-corrected chi connectivity index (χ4v) is 4.14. The van der Waals surface area contributed by atoms with Crippen molar-refractivity contribution < 1.29 is 19.4 Å². The first-order valence-corrected chi connectivity index (χ1v) is 10.9. The lowest BCUT2D eigenvalue weighted by Gasteiger charge is -2.15. The van der Waals surface area contributed by atoms with Gasteiger partial charge in [0.1, 0.15) is 12.4 Å². The van der Waals surface area contributed by atoms with Crippen molar-refractivity contribution in [1.29, 1.82) is 0 Å². The predicted octanol–water partition coefficient (Wildman–Crippen LogP) is 5.76. The van der Waals surface area contributed by atoms with Crippen LogP contribution < -0.4 is 9.64 Å². The highest BCUT2D eigenvalue weighted by Gasteiger charge is 2.34. The van der Waals surface area contributed by atoms with E-state index in [2.05, 4.69) is 11.6 Å². The maximum Gasteiger partial charge on any atom is 0.335 e. The second kappa shape index (κ2) is 10.0.